The number of benzene rings is 2. The van der Waals surface area contributed by atoms with Crippen molar-refractivity contribution < 1.29 is 9.53 Å². The second-order valence-electron chi connectivity index (χ2n) is 13.0. The number of aryl methyl sites for hydroxylation is 3. The number of piperazine rings is 1. The molecular weight excluding hydrogens is 593 g/mol. The highest BCUT2D eigenvalue weighted by Gasteiger charge is 2.29. The van der Waals surface area contributed by atoms with Crippen LogP contribution in [0.4, 0.5) is 0 Å². The van der Waals surface area contributed by atoms with Crippen LogP contribution in [0.2, 0.25) is 0 Å². The van der Waals surface area contributed by atoms with E-state index in [1.54, 1.807) is 0 Å². The van der Waals surface area contributed by atoms with E-state index in [4.69, 9.17) is 9.72 Å². The van der Waals surface area contributed by atoms with Crippen LogP contribution in [0.1, 0.15) is 73.6 Å². The van der Waals surface area contributed by atoms with Crippen molar-refractivity contribution in [3.63, 3.8) is 0 Å². The average Bonchev–Trinajstić information content (AvgIpc) is 3.44. The predicted molar refractivity (Wildman–Crippen MR) is 190 cm³/mol. The lowest BCUT2D eigenvalue weighted by Crippen LogP contribution is -2.47. The van der Waals surface area contributed by atoms with Gasteiger partial charge in [-0.1, -0.05) is 59.7 Å². The molecule has 5 rings (SSSR count). The van der Waals surface area contributed by atoms with Gasteiger partial charge in [-0.15, -0.1) is 11.3 Å². The van der Waals surface area contributed by atoms with Gasteiger partial charge in [-0.3, -0.25) is 14.2 Å². The quantitative estimate of drug-likeness (QED) is 0.186. The number of ether oxygens (including phenoxy) is 1. The summed E-state index contributed by atoms with van der Waals surface area (Å²) in [5, 5.41) is 3.98. The number of carbonyl (C=O) groups excluding carboxylic acids is 1. The molecule has 46 heavy (non-hydrogen) atoms. The molecule has 1 fully saturated rings. The highest BCUT2D eigenvalue weighted by molar-refractivity contribution is 7.15. The van der Waals surface area contributed by atoms with Gasteiger partial charge in [-0.2, -0.15) is 0 Å². The lowest BCUT2D eigenvalue weighted by molar-refractivity contribution is 0.0733. The monoisotopic (exact) mass is 640 g/mol. The molecule has 244 valence electrons. The van der Waals surface area contributed by atoms with Crippen molar-refractivity contribution in [2.75, 3.05) is 32.8 Å². The summed E-state index contributed by atoms with van der Waals surface area (Å²) in [6, 6.07) is 16.1. The maximum absolute atomic E-state index is 14.9. The first-order valence-corrected chi connectivity index (χ1v) is 17.6. The fourth-order valence-corrected chi connectivity index (χ4v) is 7.05. The number of hydrogen-bond donors (Lipinski definition) is 1. The molecule has 1 amide bonds. The smallest absolute Gasteiger partial charge is 0.265 e. The molecule has 3 heterocycles. The number of thiazole rings is 1. The Balaban J connectivity index is 1.73. The van der Waals surface area contributed by atoms with Crippen molar-refractivity contribution in [2.24, 2.45) is 11.8 Å². The van der Waals surface area contributed by atoms with Gasteiger partial charge in [0.15, 0.2) is 0 Å². The molecule has 0 radical (unpaired) electrons. The Bertz CT molecular complexity index is 1710. The van der Waals surface area contributed by atoms with Gasteiger partial charge in [0.25, 0.3) is 11.5 Å². The van der Waals surface area contributed by atoms with Crippen molar-refractivity contribution in [1.29, 1.82) is 0 Å². The molecule has 2 aromatic heterocycles. The van der Waals surface area contributed by atoms with Crippen LogP contribution in [0.15, 0.2) is 53.3 Å². The van der Waals surface area contributed by atoms with Crippen LogP contribution in [0.5, 0.6) is 5.75 Å². The normalized spacial score (nSPS) is 13.5. The molecule has 0 saturated carbocycles. The van der Waals surface area contributed by atoms with Crippen LogP contribution in [0.3, 0.4) is 0 Å². The van der Waals surface area contributed by atoms with Crippen molar-refractivity contribution >= 4 is 17.2 Å². The first-order chi connectivity index (χ1) is 22.1. The summed E-state index contributed by atoms with van der Waals surface area (Å²) in [6.45, 7) is 18.3. The SMILES string of the molecule is CCc1cccc(CC)c1-n1c(CC(C)C)c(C(=O)N2CCNCC2)cc(-c2nc(-c3ccc(OCC(C)C)cc3)c(C)s2)c1=O. The first kappa shape index (κ1) is 33.6. The minimum absolute atomic E-state index is 0.0235. The Morgan fingerprint density at radius 1 is 0.978 bits per heavy atom. The third-order valence-corrected chi connectivity index (χ3v) is 9.47. The molecular formula is C38H48N4O3S. The fourth-order valence-electron chi connectivity index (χ4n) is 6.11. The average molecular weight is 641 g/mol. The number of amides is 1. The topological polar surface area (TPSA) is 76.5 Å². The van der Waals surface area contributed by atoms with Gasteiger partial charge in [0.05, 0.1) is 29.1 Å². The number of pyridine rings is 1. The van der Waals surface area contributed by atoms with Crippen molar-refractivity contribution in [3.05, 3.63) is 86.1 Å². The summed E-state index contributed by atoms with van der Waals surface area (Å²) >= 11 is 1.50. The largest absolute Gasteiger partial charge is 0.493 e. The molecule has 7 nitrogen and oxygen atoms in total. The van der Waals surface area contributed by atoms with Crippen LogP contribution >= 0.6 is 11.3 Å². The van der Waals surface area contributed by atoms with Gasteiger partial charge in [0.1, 0.15) is 10.8 Å². The number of para-hydroxylation sites is 1. The van der Waals surface area contributed by atoms with Crippen LogP contribution in [-0.2, 0) is 19.3 Å². The summed E-state index contributed by atoms with van der Waals surface area (Å²) in [7, 11) is 0. The van der Waals surface area contributed by atoms with E-state index in [0.29, 0.717) is 48.2 Å². The van der Waals surface area contributed by atoms with Crippen LogP contribution in [0, 0.1) is 18.8 Å². The van der Waals surface area contributed by atoms with Crippen LogP contribution in [0.25, 0.3) is 27.5 Å². The van der Waals surface area contributed by atoms with E-state index in [2.05, 4.69) is 65.1 Å². The molecule has 0 bridgehead atoms. The highest BCUT2D eigenvalue weighted by atomic mass is 32.1. The molecule has 4 aromatic rings. The number of carbonyl (C=O) groups is 1. The van der Waals surface area contributed by atoms with Crippen molar-refractivity contribution in [3.8, 4) is 33.3 Å². The number of aromatic nitrogens is 2. The summed E-state index contributed by atoms with van der Waals surface area (Å²) in [5.74, 6) is 1.49. The molecule has 2 aromatic carbocycles. The Morgan fingerprint density at radius 2 is 1.63 bits per heavy atom. The Labute approximate surface area is 277 Å². The lowest BCUT2D eigenvalue weighted by atomic mass is 9.97. The fraction of sp³-hybridized carbons (Fsp3) is 0.447. The zero-order valence-electron chi connectivity index (χ0n) is 28.4. The van der Waals surface area contributed by atoms with E-state index >= 15 is 0 Å². The van der Waals surface area contributed by atoms with Gasteiger partial charge in [0.2, 0.25) is 0 Å². The lowest BCUT2D eigenvalue weighted by Gasteiger charge is -2.30. The van der Waals surface area contributed by atoms with Gasteiger partial charge in [0, 0.05) is 42.3 Å². The molecule has 1 N–H and O–H groups in total. The van der Waals surface area contributed by atoms with E-state index in [1.807, 2.05) is 46.7 Å². The third-order valence-electron chi connectivity index (χ3n) is 8.47. The molecule has 0 atom stereocenters. The summed E-state index contributed by atoms with van der Waals surface area (Å²) in [4.78, 5) is 37.2. The number of hydrogen-bond acceptors (Lipinski definition) is 6. The maximum atomic E-state index is 14.9. The first-order valence-electron chi connectivity index (χ1n) is 16.7. The molecule has 0 spiro atoms. The zero-order valence-corrected chi connectivity index (χ0v) is 29.2. The zero-order chi connectivity index (χ0) is 33.0. The highest BCUT2D eigenvalue weighted by Crippen LogP contribution is 2.35. The van der Waals surface area contributed by atoms with Crippen LogP contribution < -0.4 is 15.6 Å². The number of nitrogens with zero attached hydrogens (tertiary/aromatic N) is 3. The van der Waals surface area contributed by atoms with E-state index in [-0.39, 0.29) is 17.4 Å². The molecule has 1 aliphatic rings. The van der Waals surface area contributed by atoms with Crippen molar-refractivity contribution in [2.45, 2.75) is 67.7 Å². The van der Waals surface area contributed by atoms with Crippen LogP contribution in [-0.4, -0.2) is 53.1 Å². The summed E-state index contributed by atoms with van der Waals surface area (Å²) in [5.41, 5.74) is 6.64. The predicted octanol–water partition coefficient (Wildman–Crippen LogP) is 7.34. The molecule has 1 aliphatic heterocycles. The van der Waals surface area contributed by atoms with Crippen molar-refractivity contribution in [1.82, 2.24) is 19.8 Å². The van der Waals surface area contributed by atoms with Gasteiger partial charge < -0.3 is 15.0 Å². The molecule has 8 heteroatoms. The Morgan fingerprint density at radius 3 is 2.22 bits per heavy atom. The van der Waals surface area contributed by atoms with E-state index in [9.17, 15) is 9.59 Å². The maximum Gasteiger partial charge on any atom is 0.265 e. The summed E-state index contributed by atoms with van der Waals surface area (Å²) in [6.07, 6.45) is 2.16. The van der Waals surface area contributed by atoms with E-state index in [1.165, 1.54) is 11.3 Å². The molecule has 1 saturated heterocycles. The summed E-state index contributed by atoms with van der Waals surface area (Å²) < 4.78 is 7.77. The Hall–Kier alpha value is -3.75. The standard InChI is InChI=1S/C38H48N4O3S/c1-8-27-11-10-12-28(9-2)35(27)42-33(21-24(3)4)31(37(43)41-19-17-39-18-20-41)22-32(38(42)44)36-40-34(26(7)46-36)29-13-15-30(16-14-29)45-23-25(5)6/h10-16,22,24-25,39H,8-9,17-21,23H2,1-7H3. The minimum atomic E-state index is -0.124. The second-order valence-corrected chi connectivity index (χ2v) is 14.2. The number of nitrogens with one attached hydrogen (secondary N) is 1. The van der Waals surface area contributed by atoms with E-state index in [0.717, 1.165) is 70.3 Å². The minimum Gasteiger partial charge on any atom is -0.493 e. The van der Waals surface area contributed by atoms with E-state index < -0.39 is 0 Å². The Kier molecular flexibility index (Phi) is 10.8. The number of rotatable bonds is 11. The molecule has 0 aliphatic carbocycles. The van der Waals surface area contributed by atoms with Gasteiger partial charge in [-0.05, 0) is 79.5 Å². The van der Waals surface area contributed by atoms with Gasteiger partial charge in [-0.25, -0.2) is 4.98 Å². The second kappa shape index (κ2) is 14.8. The third kappa shape index (κ3) is 7.13. The van der Waals surface area contributed by atoms with Gasteiger partial charge >= 0.3 is 0 Å². The molecule has 0 unspecified atom stereocenters.